The van der Waals surface area contributed by atoms with E-state index in [1.54, 1.807) is 78.9 Å². The lowest BCUT2D eigenvalue weighted by molar-refractivity contribution is 0.0733. The van der Waals surface area contributed by atoms with Crippen LogP contribution in [0.25, 0.3) is 0 Å². The van der Waals surface area contributed by atoms with Gasteiger partial charge < -0.3 is 14.5 Å². The fourth-order valence-electron chi connectivity index (χ4n) is 3.03. The van der Waals surface area contributed by atoms with Gasteiger partial charge in [0.05, 0.1) is 29.3 Å². The number of hydrogen-bond donors (Lipinski definition) is 2. The summed E-state index contributed by atoms with van der Waals surface area (Å²) in [6, 6.07) is 23.2. The van der Waals surface area contributed by atoms with E-state index in [-0.39, 0.29) is 17.1 Å². The van der Waals surface area contributed by atoms with Crippen molar-refractivity contribution < 1.29 is 23.5 Å². The van der Waals surface area contributed by atoms with Crippen LogP contribution >= 0.6 is 15.9 Å². The lowest BCUT2D eigenvalue weighted by Gasteiger charge is -2.09. The van der Waals surface area contributed by atoms with Crippen LogP contribution in [0.3, 0.4) is 0 Å². The summed E-state index contributed by atoms with van der Waals surface area (Å²) in [7, 11) is 0. The summed E-state index contributed by atoms with van der Waals surface area (Å²) in [5.74, 6) is -1.15. The van der Waals surface area contributed by atoms with Gasteiger partial charge in [-0.25, -0.2) is 10.2 Å². The molecule has 4 rings (SSSR count). The van der Waals surface area contributed by atoms with Crippen molar-refractivity contribution in [2.75, 3.05) is 5.32 Å². The third kappa shape index (κ3) is 6.10. The number of nitrogens with one attached hydrogen (secondary N) is 2. The van der Waals surface area contributed by atoms with Gasteiger partial charge in [-0.05, 0) is 60.7 Å². The number of para-hydroxylation sites is 2. The van der Waals surface area contributed by atoms with E-state index in [0.29, 0.717) is 16.8 Å². The molecule has 0 bridgehead atoms. The summed E-state index contributed by atoms with van der Waals surface area (Å²) in [5, 5.41) is 6.63. The second kappa shape index (κ2) is 11.1. The van der Waals surface area contributed by atoms with Crippen LogP contribution in [0, 0.1) is 0 Å². The predicted octanol–water partition coefficient (Wildman–Crippen LogP) is 5.28. The maximum absolute atomic E-state index is 12.7. The Labute approximate surface area is 208 Å². The van der Waals surface area contributed by atoms with Gasteiger partial charge in [0.25, 0.3) is 11.8 Å². The van der Waals surface area contributed by atoms with Gasteiger partial charge in [0.1, 0.15) is 5.75 Å². The molecule has 2 N–H and O–H groups in total. The van der Waals surface area contributed by atoms with E-state index in [0.717, 1.165) is 4.47 Å². The molecule has 1 aromatic heterocycles. The van der Waals surface area contributed by atoms with Crippen molar-refractivity contribution in [3.05, 3.63) is 118 Å². The van der Waals surface area contributed by atoms with E-state index < -0.39 is 17.8 Å². The number of carbonyl (C=O) groups is 3. The van der Waals surface area contributed by atoms with Gasteiger partial charge in [0.15, 0.2) is 5.76 Å². The molecule has 0 fully saturated rings. The number of furan rings is 1. The number of halogens is 1. The van der Waals surface area contributed by atoms with E-state index in [2.05, 4.69) is 31.8 Å². The van der Waals surface area contributed by atoms with Crippen LogP contribution in [0.5, 0.6) is 5.75 Å². The Morgan fingerprint density at radius 1 is 0.857 bits per heavy atom. The van der Waals surface area contributed by atoms with Crippen LogP contribution in [0.4, 0.5) is 5.69 Å². The second-order valence-electron chi connectivity index (χ2n) is 7.11. The number of anilines is 1. The van der Waals surface area contributed by atoms with Gasteiger partial charge in [0.2, 0.25) is 0 Å². The molecule has 3 aromatic carbocycles. The van der Waals surface area contributed by atoms with Crippen molar-refractivity contribution in [2.24, 2.45) is 5.10 Å². The van der Waals surface area contributed by atoms with Crippen molar-refractivity contribution >= 4 is 45.6 Å². The predicted molar refractivity (Wildman–Crippen MR) is 134 cm³/mol. The maximum atomic E-state index is 12.7. The van der Waals surface area contributed by atoms with Crippen molar-refractivity contribution in [1.29, 1.82) is 0 Å². The first-order chi connectivity index (χ1) is 17.0. The molecule has 0 radical (unpaired) electrons. The molecule has 2 amide bonds. The Hall–Kier alpha value is -4.50. The molecular formula is C26H18BrN3O5. The highest BCUT2D eigenvalue weighted by atomic mass is 79.9. The Morgan fingerprint density at radius 2 is 1.60 bits per heavy atom. The minimum absolute atomic E-state index is 0.118. The first kappa shape index (κ1) is 23.7. The van der Waals surface area contributed by atoms with E-state index in [1.807, 2.05) is 0 Å². The Morgan fingerprint density at radius 3 is 2.37 bits per heavy atom. The van der Waals surface area contributed by atoms with Crippen molar-refractivity contribution in [2.45, 2.75) is 0 Å². The average molecular weight is 532 g/mol. The van der Waals surface area contributed by atoms with Crippen LogP contribution in [0.1, 0.15) is 36.8 Å². The SMILES string of the molecule is O=C(Oc1ccccc1C=NNC(=O)c1ccccc1NC(=O)c1ccco1)c1ccc(Br)cc1. The molecule has 9 heteroatoms. The number of hydrogen-bond acceptors (Lipinski definition) is 6. The second-order valence-corrected chi connectivity index (χ2v) is 8.03. The molecule has 0 saturated carbocycles. The van der Waals surface area contributed by atoms with E-state index in [4.69, 9.17) is 9.15 Å². The average Bonchev–Trinajstić information content (AvgIpc) is 3.41. The van der Waals surface area contributed by atoms with E-state index in [9.17, 15) is 14.4 Å². The third-order valence-electron chi connectivity index (χ3n) is 4.74. The summed E-state index contributed by atoms with van der Waals surface area (Å²) >= 11 is 3.33. The summed E-state index contributed by atoms with van der Waals surface area (Å²) in [4.78, 5) is 37.5. The molecule has 0 spiro atoms. The molecule has 174 valence electrons. The zero-order valence-corrected chi connectivity index (χ0v) is 19.7. The highest BCUT2D eigenvalue weighted by Gasteiger charge is 2.15. The smallest absolute Gasteiger partial charge is 0.343 e. The molecule has 35 heavy (non-hydrogen) atoms. The zero-order chi connectivity index (χ0) is 24.6. The van der Waals surface area contributed by atoms with Gasteiger partial charge in [0, 0.05) is 10.0 Å². The van der Waals surface area contributed by atoms with Crippen LogP contribution in [0.15, 0.2) is 105 Å². The van der Waals surface area contributed by atoms with Crippen LogP contribution < -0.4 is 15.5 Å². The summed E-state index contributed by atoms with van der Waals surface area (Å²) in [6.07, 6.45) is 2.75. The lowest BCUT2D eigenvalue weighted by atomic mass is 10.1. The molecule has 8 nitrogen and oxygen atoms in total. The fourth-order valence-corrected chi connectivity index (χ4v) is 3.29. The Balaban J connectivity index is 1.44. The van der Waals surface area contributed by atoms with E-state index in [1.165, 1.54) is 18.5 Å². The Kier molecular flexibility index (Phi) is 7.49. The number of rotatable bonds is 7. The van der Waals surface area contributed by atoms with E-state index >= 15 is 0 Å². The zero-order valence-electron chi connectivity index (χ0n) is 18.1. The maximum Gasteiger partial charge on any atom is 0.343 e. The first-order valence-electron chi connectivity index (χ1n) is 10.4. The highest BCUT2D eigenvalue weighted by molar-refractivity contribution is 9.10. The van der Waals surface area contributed by atoms with Crippen LogP contribution in [-0.2, 0) is 0 Å². The van der Waals surface area contributed by atoms with Crippen LogP contribution in [-0.4, -0.2) is 24.0 Å². The minimum atomic E-state index is -0.541. The fraction of sp³-hybridized carbons (Fsp3) is 0. The number of hydrazone groups is 1. The number of nitrogens with zero attached hydrogens (tertiary/aromatic N) is 1. The molecule has 0 saturated heterocycles. The largest absolute Gasteiger partial charge is 0.459 e. The van der Waals surface area contributed by atoms with Crippen molar-refractivity contribution in [3.8, 4) is 5.75 Å². The normalized spacial score (nSPS) is 10.7. The third-order valence-corrected chi connectivity index (χ3v) is 5.26. The molecule has 0 aliphatic rings. The number of esters is 1. The molecule has 0 aliphatic carbocycles. The molecular weight excluding hydrogens is 514 g/mol. The van der Waals surface area contributed by atoms with Gasteiger partial charge >= 0.3 is 5.97 Å². The Bertz CT molecular complexity index is 1380. The molecule has 0 atom stereocenters. The quantitative estimate of drug-likeness (QED) is 0.146. The van der Waals surface area contributed by atoms with Crippen molar-refractivity contribution in [1.82, 2.24) is 5.43 Å². The summed E-state index contributed by atoms with van der Waals surface area (Å²) in [5.41, 5.74) is 3.80. The number of carbonyl (C=O) groups excluding carboxylic acids is 3. The highest BCUT2D eigenvalue weighted by Crippen LogP contribution is 2.19. The topological polar surface area (TPSA) is 110 Å². The van der Waals surface area contributed by atoms with Crippen LogP contribution in [0.2, 0.25) is 0 Å². The van der Waals surface area contributed by atoms with Gasteiger partial charge in [-0.3, -0.25) is 9.59 Å². The van der Waals surface area contributed by atoms with Gasteiger partial charge in [-0.1, -0.05) is 40.2 Å². The molecule has 0 unspecified atom stereocenters. The summed E-state index contributed by atoms with van der Waals surface area (Å²) in [6.45, 7) is 0. The first-order valence-corrected chi connectivity index (χ1v) is 11.1. The minimum Gasteiger partial charge on any atom is -0.459 e. The van der Waals surface area contributed by atoms with Crippen molar-refractivity contribution in [3.63, 3.8) is 0 Å². The van der Waals surface area contributed by atoms with Gasteiger partial charge in [-0.2, -0.15) is 5.10 Å². The number of benzene rings is 3. The molecule has 4 aromatic rings. The standard InChI is InChI=1S/C26H18BrN3O5/c27-19-13-11-17(12-14-19)26(33)35-22-9-4-1-6-18(22)16-28-30-24(31)20-7-2-3-8-21(20)29-25(32)23-10-5-15-34-23/h1-16H,(H,29,32)(H,30,31). The van der Waals surface area contributed by atoms with Gasteiger partial charge in [-0.15, -0.1) is 0 Å². The number of amides is 2. The lowest BCUT2D eigenvalue weighted by Crippen LogP contribution is -2.21. The molecule has 1 heterocycles. The monoisotopic (exact) mass is 531 g/mol. The molecule has 0 aliphatic heterocycles. The number of ether oxygens (including phenoxy) is 1. The summed E-state index contributed by atoms with van der Waals surface area (Å²) < 4.78 is 11.4.